The molecule has 0 aliphatic carbocycles. The van der Waals surface area contributed by atoms with E-state index in [1.54, 1.807) is 4.90 Å². The quantitative estimate of drug-likeness (QED) is 0.782. The molecule has 0 saturated carbocycles. The van der Waals surface area contributed by atoms with E-state index >= 15 is 0 Å². The summed E-state index contributed by atoms with van der Waals surface area (Å²) in [4.78, 5) is 26.2. The number of esters is 1. The molecule has 0 spiro atoms. The van der Waals surface area contributed by atoms with Gasteiger partial charge in [0.2, 0.25) is 0 Å². The number of aromatic nitrogens is 1. The average molecular weight is 357 g/mol. The van der Waals surface area contributed by atoms with Gasteiger partial charge in [0, 0.05) is 29.8 Å². The average Bonchev–Trinajstić information content (AvgIpc) is 2.88. The summed E-state index contributed by atoms with van der Waals surface area (Å²) in [5.74, 6) is -0.463. The number of amides is 1. The van der Waals surface area contributed by atoms with Gasteiger partial charge in [-0.1, -0.05) is 0 Å². The van der Waals surface area contributed by atoms with Crippen LogP contribution in [0.4, 0.5) is 0 Å². The second kappa shape index (κ2) is 6.64. The molecule has 0 bridgehead atoms. The highest BCUT2D eigenvalue weighted by Crippen LogP contribution is 2.24. The lowest BCUT2D eigenvalue weighted by molar-refractivity contribution is -0.146. The first-order chi connectivity index (χ1) is 9.93. The Hall–Kier alpha value is -1.30. The van der Waals surface area contributed by atoms with E-state index in [1.165, 1.54) is 7.11 Å². The van der Waals surface area contributed by atoms with E-state index < -0.39 is 0 Å². The van der Waals surface area contributed by atoms with E-state index in [0.29, 0.717) is 18.8 Å². The maximum absolute atomic E-state index is 12.7. The third-order valence-corrected chi connectivity index (χ3v) is 4.27. The zero-order chi connectivity index (χ0) is 15.6. The van der Waals surface area contributed by atoms with Crippen LogP contribution in [0.2, 0.25) is 0 Å². The van der Waals surface area contributed by atoms with Gasteiger partial charge in [0.1, 0.15) is 5.69 Å². The Balaban J connectivity index is 2.18. The summed E-state index contributed by atoms with van der Waals surface area (Å²) >= 11 is 3.42. The van der Waals surface area contributed by atoms with Crippen molar-refractivity contribution < 1.29 is 14.3 Å². The molecular formula is C15H21BrN2O3. The van der Waals surface area contributed by atoms with Crippen molar-refractivity contribution in [3.63, 3.8) is 0 Å². The van der Waals surface area contributed by atoms with Gasteiger partial charge in [0.25, 0.3) is 5.91 Å². The van der Waals surface area contributed by atoms with E-state index in [2.05, 4.69) is 15.9 Å². The fourth-order valence-corrected chi connectivity index (χ4v) is 3.16. The molecule has 0 radical (unpaired) electrons. The third-order valence-electron chi connectivity index (χ3n) is 3.83. The summed E-state index contributed by atoms with van der Waals surface area (Å²) in [5, 5.41) is 0. The molecule has 1 aliphatic rings. The molecule has 21 heavy (non-hydrogen) atoms. The van der Waals surface area contributed by atoms with Crippen molar-refractivity contribution in [1.29, 1.82) is 0 Å². The van der Waals surface area contributed by atoms with Crippen molar-refractivity contribution in [2.24, 2.45) is 5.92 Å². The van der Waals surface area contributed by atoms with Gasteiger partial charge in [0.15, 0.2) is 0 Å². The van der Waals surface area contributed by atoms with Crippen LogP contribution in [0.1, 0.15) is 43.2 Å². The zero-order valence-corrected chi connectivity index (χ0v) is 14.2. The number of likely N-dealkylation sites (tertiary alicyclic amines) is 1. The predicted octanol–water partition coefficient (Wildman–Crippen LogP) is 2.86. The summed E-state index contributed by atoms with van der Waals surface area (Å²) in [5.41, 5.74) is 0.655. The number of carbonyl (C=O) groups excluding carboxylic acids is 2. The van der Waals surface area contributed by atoms with Gasteiger partial charge in [-0.3, -0.25) is 9.59 Å². The minimum Gasteiger partial charge on any atom is -0.469 e. The highest BCUT2D eigenvalue weighted by Gasteiger charge is 2.30. The lowest BCUT2D eigenvalue weighted by Crippen LogP contribution is -2.43. The molecular weight excluding hydrogens is 336 g/mol. The number of halogens is 1. The fourth-order valence-electron chi connectivity index (χ4n) is 2.73. The molecule has 6 heteroatoms. The standard InChI is InChI=1S/C15H21BrN2O3/c1-10(2)18-9-12(16)7-13(18)14(19)17-6-4-5-11(8-17)15(20)21-3/h7,9-11H,4-6,8H2,1-3H3/t11-/m0/s1. The van der Waals surface area contributed by atoms with Gasteiger partial charge in [-0.15, -0.1) is 0 Å². The molecule has 116 valence electrons. The molecule has 1 aromatic heterocycles. The minimum atomic E-state index is -0.229. The van der Waals surface area contributed by atoms with Crippen molar-refractivity contribution in [1.82, 2.24) is 9.47 Å². The maximum Gasteiger partial charge on any atom is 0.310 e. The van der Waals surface area contributed by atoms with Gasteiger partial charge < -0.3 is 14.2 Å². The van der Waals surface area contributed by atoms with E-state index in [1.807, 2.05) is 30.7 Å². The Morgan fingerprint density at radius 2 is 2.14 bits per heavy atom. The molecule has 1 aromatic rings. The monoisotopic (exact) mass is 356 g/mol. The van der Waals surface area contributed by atoms with E-state index in [9.17, 15) is 9.59 Å². The van der Waals surface area contributed by atoms with E-state index in [-0.39, 0.29) is 23.8 Å². The van der Waals surface area contributed by atoms with Crippen LogP contribution in [0.15, 0.2) is 16.7 Å². The van der Waals surface area contributed by atoms with Crippen molar-refractivity contribution in [2.45, 2.75) is 32.7 Å². The van der Waals surface area contributed by atoms with Gasteiger partial charge in [0.05, 0.1) is 13.0 Å². The second-order valence-corrected chi connectivity index (χ2v) is 6.57. The van der Waals surface area contributed by atoms with Crippen molar-refractivity contribution in [3.05, 3.63) is 22.4 Å². The summed E-state index contributed by atoms with van der Waals surface area (Å²) < 4.78 is 7.64. The van der Waals surface area contributed by atoms with Gasteiger partial charge >= 0.3 is 5.97 Å². The highest BCUT2D eigenvalue weighted by molar-refractivity contribution is 9.10. The predicted molar refractivity (Wildman–Crippen MR) is 83.2 cm³/mol. The van der Waals surface area contributed by atoms with E-state index in [4.69, 9.17) is 4.74 Å². The largest absolute Gasteiger partial charge is 0.469 e. The first kappa shape index (κ1) is 16.1. The number of hydrogen-bond acceptors (Lipinski definition) is 3. The van der Waals surface area contributed by atoms with Crippen LogP contribution in [0.3, 0.4) is 0 Å². The number of piperidine rings is 1. The molecule has 5 nitrogen and oxygen atoms in total. The second-order valence-electron chi connectivity index (χ2n) is 5.66. The number of methoxy groups -OCH3 is 1. The molecule has 2 heterocycles. The molecule has 0 aromatic carbocycles. The first-order valence-corrected chi connectivity index (χ1v) is 7.97. The number of ether oxygens (including phenoxy) is 1. The van der Waals surface area contributed by atoms with Crippen molar-refractivity contribution >= 4 is 27.8 Å². The topological polar surface area (TPSA) is 51.5 Å². The summed E-state index contributed by atoms with van der Waals surface area (Å²) in [6, 6.07) is 2.04. The van der Waals surface area contributed by atoms with Crippen molar-refractivity contribution in [3.8, 4) is 0 Å². The minimum absolute atomic E-state index is 0.0250. The first-order valence-electron chi connectivity index (χ1n) is 7.18. The molecule has 1 atom stereocenters. The maximum atomic E-state index is 12.7. The molecule has 0 unspecified atom stereocenters. The normalized spacial score (nSPS) is 18.9. The lowest BCUT2D eigenvalue weighted by Gasteiger charge is -2.31. The smallest absolute Gasteiger partial charge is 0.310 e. The molecule has 0 N–H and O–H groups in total. The number of carbonyl (C=O) groups is 2. The summed E-state index contributed by atoms with van der Waals surface area (Å²) in [6.07, 6.45) is 3.53. The SMILES string of the molecule is COC(=O)[C@H]1CCCN(C(=O)c2cc(Br)cn2C(C)C)C1. The van der Waals surface area contributed by atoms with Gasteiger partial charge in [-0.05, 0) is 48.7 Å². The number of hydrogen-bond donors (Lipinski definition) is 0. The molecule has 1 aliphatic heterocycles. The van der Waals surface area contributed by atoms with Crippen LogP contribution in [-0.4, -0.2) is 41.5 Å². The number of rotatable bonds is 3. The van der Waals surface area contributed by atoms with Crippen LogP contribution in [0.5, 0.6) is 0 Å². The highest BCUT2D eigenvalue weighted by atomic mass is 79.9. The van der Waals surface area contributed by atoms with E-state index in [0.717, 1.165) is 17.3 Å². The van der Waals surface area contributed by atoms with Crippen LogP contribution < -0.4 is 0 Å². The van der Waals surface area contributed by atoms with Crippen molar-refractivity contribution in [2.75, 3.05) is 20.2 Å². The lowest BCUT2D eigenvalue weighted by atomic mass is 9.98. The third kappa shape index (κ3) is 3.48. The van der Waals surface area contributed by atoms with Crippen LogP contribution in [-0.2, 0) is 9.53 Å². The Labute approximate surface area is 133 Å². The van der Waals surface area contributed by atoms with Gasteiger partial charge in [-0.2, -0.15) is 0 Å². The summed E-state index contributed by atoms with van der Waals surface area (Å²) in [6.45, 7) is 5.20. The fraction of sp³-hybridized carbons (Fsp3) is 0.600. The molecule has 2 rings (SSSR count). The Kier molecular flexibility index (Phi) is 5.08. The summed E-state index contributed by atoms with van der Waals surface area (Å²) in [7, 11) is 1.39. The Morgan fingerprint density at radius 3 is 2.76 bits per heavy atom. The van der Waals surface area contributed by atoms with Gasteiger partial charge in [-0.25, -0.2) is 0 Å². The zero-order valence-electron chi connectivity index (χ0n) is 12.6. The van der Waals surface area contributed by atoms with Crippen LogP contribution in [0, 0.1) is 5.92 Å². The molecule has 1 fully saturated rings. The molecule has 1 amide bonds. The Morgan fingerprint density at radius 1 is 1.43 bits per heavy atom. The Bertz CT molecular complexity index is 539. The van der Waals surface area contributed by atoms with Crippen LogP contribution in [0.25, 0.3) is 0 Å². The number of nitrogens with zero attached hydrogens (tertiary/aromatic N) is 2. The van der Waals surface area contributed by atoms with Crippen LogP contribution >= 0.6 is 15.9 Å². The molecule has 1 saturated heterocycles.